The van der Waals surface area contributed by atoms with E-state index >= 15 is 0 Å². The molecule has 0 bridgehead atoms. The molecule has 1 aromatic carbocycles. The number of aromatic nitrogens is 1. The van der Waals surface area contributed by atoms with Crippen molar-refractivity contribution >= 4 is 0 Å². The van der Waals surface area contributed by atoms with Crippen LogP contribution in [0, 0.1) is 5.82 Å². The van der Waals surface area contributed by atoms with Crippen molar-refractivity contribution in [1.29, 1.82) is 0 Å². The van der Waals surface area contributed by atoms with Crippen molar-refractivity contribution in [3.05, 3.63) is 41.9 Å². The first-order valence-electron chi connectivity index (χ1n) is 7.00. The van der Waals surface area contributed by atoms with Crippen molar-refractivity contribution in [2.24, 2.45) is 0 Å². The Hall–Kier alpha value is -2.08. The van der Waals surface area contributed by atoms with Gasteiger partial charge in [0.1, 0.15) is 24.8 Å². The molecule has 1 N–H and O–H groups in total. The van der Waals surface area contributed by atoms with Gasteiger partial charge in [0.25, 0.3) is 5.88 Å². The summed E-state index contributed by atoms with van der Waals surface area (Å²) < 4.78 is 29.1. The van der Waals surface area contributed by atoms with Crippen LogP contribution in [0.15, 0.2) is 34.9 Å². The minimum Gasteiger partial charge on any atom is -0.485 e. The topological polar surface area (TPSA) is 56.5 Å². The molecular formula is C15H17FN2O3. The van der Waals surface area contributed by atoms with E-state index in [1.165, 1.54) is 18.6 Å². The molecule has 1 atom stereocenters. The fourth-order valence-corrected chi connectivity index (χ4v) is 2.23. The second kappa shape index (κ2) is 6.58. The zero-order chi connectivity index (χ0) is 14.5. The van der Waals surface area contributed by atoms with Gasteiger partial charge in [-0.15, -0.1) is 0 Å². The number of ether oxygens (including phenoxy) is 2. The maximum atomic E-state index is 13.0. The summed E-state index contributed by atoms with van der Waals surface area (Å²) in [5.41, 5.74) is 0. The van der Waals surface area contributed by atoms with Crippen LogP contribution in [0.4, 0.5) is 4.39 Å². The molecule has 1 saturated heterocycles. The van der Waals surface area contributed by atoms with Gasteiger partial charge in [-0.3, -0.25) is 0 Å². The molecule has 1 aromatic heterocycles. The largest absolute Gasteiger partial charge is 0.485 e. The van der Waals surface area contributed by atoms with Gasteiger partial charge in [0.2, 0.25) is 0 Å². The van der Waals surface area contributed by atoms with E-state index < -0.39 is 0 Å². The van der Waals surface area contributed by atoms with Gasteiger partial charge in [-0.1, -0.05) is 6.07 Å². The minimum absolute atomic E-state index is 0.182. The van der Waals surface area contributed by atoms with Crippen molar-refractivity contribution in [2.45, 2.75) is 25.5 Å². The molecule has 0 saturated carbocycles. The van der Waals surface area contributed by atoms with Gasteiger partial charge in [0, 0.05) is 18.2 Å². The van der Waals surface area contributed by atoms with E-state index in [0.29, 0.717) is 30.0 Å². The van der Waals surface area contributed by atoms with Crippen LogP contribution in [-0.4, -0.2) is 24.4 Å². The number of rotatable bonds is 6. The van der Waals surface area contributed by atoms with Crippen molar-refractivity contribution in [1.82, 2.24) is 10.5 Å². The minimum atomic E-state index is -0.335. The predicted octanol–water partition coefficient (Wildman–Crippen LogP) is 2.52. The highest BCUT2D eigenvalue weighted by atomic mass is 19.1. The Balaban J connectivity index is 1.48. The van der Waals surface area contributed by atoms with Crippen LogP contribution in [0.5, 0.6) is 11.6 Å². The molecule has 0 aliphatic carbocycles. The van der Waals surface area contributed by atoms with Crippen LogP contribution in [-0.2, 0) is 6.61 Å². The van der Waals surface area contributed by atoms with Crippen LogP contribution < -0.4 is 14.8 Å². The standard InChI is InChI=1S/C15H17FN2O3/c16-11-3-1-5-13(7-11)19-10-14-8-15(18-21-14)20-9-12-4-2-6-17-12/h1,3,5,7-8,12,17H,2,4,6,9-10H2/t12-/m0/s1. The van der Waals surface area contributed by atoms with Gasteiger partial charge < -0.3 is 19.3 Å². The number of halogens is 1. The van der Waals surface area contributed by atoms with Crippen molar-refractivity contribution < 1.29 is 18.4 Å². The molecule has 5 nitrogen and oxygen atoms in total. The summed E-state index contributed by atoms with van der Waals surface area (Å²) in [5.74, 6) is 1.09. The molecule has 0 amide bonds. The van der Waals surface area contributed by atoms with Crippen LogP contribution in [0.1, 0.15) is 18.6 Å². The number of hydrogen-bond acceptors (Lipinski definition) is 5. The zero-order valence-electron chi connectivity index (χ0n) is 11.5. The van der Waals surface area contributed by atoms with Gasteiger partial charge >= 0.3 is 0 Å². The number of benzene rings is 1. The molecule has 3 rings (SSSR count). The number of nitrogens with zero attached hydrogens (tertiary/aromatic N) is 1. The number of nitrogens with one attached hydrogen (secondary N) is 1. The molecule has 1 aliphatic rings. The van der Waals surface area contributed by atoms with Gasteiger partial charge in [0.15, 0.2) is 5.76 Å². The predicted molar refractivity (Wildman–Crippen MR) is 73.8 cm³/mol. The highest BCUT2D eigenvalue weighted by Crippen LogP contribution is 2.17. The molecule has 1 aliphatic heterocycles. The quantitative estimate of drug-likeness (QED) is 0.886. The first kappa shape index (κ1) is 13.9. The lowest BCUT2D eigenvalue weighted by molar-refractivity contribution is 0.230. The monoisotopic (exact) mass is 292 g/mol. The van der Waals surface area contributed by atoms with Crippen LogP contribution >= 0.6 is 0 Å². The van der Waals surface area contributed by atoms with Gasteiger partial charge in [-0.2, -0.15) is 0 Å². The summed E-state index contributed by atoms with van der Waals surface area (Å²) >= 11 is 0. The summed E-state index contributed by atoms with van der Waals surface area (Å²) in [6, 6.07) is 8.03. The maximum Gasteiger partial charge on any atom is 0.254 e. The van der Waals surface area contributed by atoms with Crippen LogP contribution in [0.3, 0.4) is 0 Å². The first-order chi connectivity index (χ1) is 10.3. The molecule has 0 radical (unpaired) electrons. The fraction of sp³-hybridized carbons (Fsp3) is 0.400. The zero-order valence-corrected chi connectivity index (χ0v) is 11.5. The Bertz CT molecular complexity index is 582. The van der Waals surface area contributed by atoms with Gasteiger partial charge in [-0.05, 0) is 36.7 Å². The number of hydrogen-bond donors (Lipinski definition) is 1. The lowest BCUT2D eigenvalue weighted by Gasteiger charge is -2.08. The summed E-state index contributed by atoms with van der Waals surface area (Å²) in [5, 5.41) is 7.17. The Kier molecular flexibility index (Phi) is 4.35. The highest BCUT2D eigenvalue weighted by molar-refractivity contribution is 5.22. The lowest BCUT2D eigenvalue weighted by Crippen LogP contribution is -2.28. The molecule has 21 heavy (non-hydrogen) atoms. The van der Waals surface area contributed by atoms with E-state index in [0.717, 1.165) is 13.0 Å². The Morgan fingerprint density at radius 1 is 1.33 bits per heavy atom. The third kappa shape index (κ3) is 3.95. The van der Waals surface area contributed by atoms with Crippen LogP contribution in [0.25, 0.3) is 0 Å². The van der Waals surface area contributed by atoms with E-state index in [9.17, 15) is 4.39 Å². The smallest absolute Gasteiger partial charge is 0.254 e. The van der Waals surface area contributed by atoms with Gasteiger partial charge in [0.05, 0.1) is 0 Å². The van der Waals surface area contributed by atoms with Crippen molar-refractivity contribution in [2.75, 3.05) is 13.2 Å². The Labute approximate surface area is 122 Å². The average molecular weight is 292 g/mol. The molecule has 0 spiro atoms. The third-order valence-corrected chi connectivity index (χ3v) is 3.31. The molecule has 2 aromatic rings. The van der Waals surface area contributed by atoms with Crippen molar-refractivity contribution in [3.8, 4) is 11.6 Å². The van der Waals surface area contributed by atoms with E-state index in [-0.39, 0.29) is 12.4 Å². The molecule has 0 unspecified atom stereocenters. The summed E-state index contributed by atoms with van der Waals surface area (Å²) in [4.78, 5) is 0. The average Bonchev–Trinajstić information content (AvgIpc) is 3.15. The second-order valence-corrected chi connectivity index (χ2v) is 4.98. The van der Waals surface area contributed by atoms with Crippen molar-refractivity contribution in [3.63, 3.8) is 0 Å². The van der Waals surface area contributed by atoms with E-state index in [1.807, 2.05) is 0 Å². The fourth-order valence-electron chi connectivity index (χ4n) is 2.23. The second-order valence-electron chi connectivity index (χ2n) is 4.98. The summed E-state index contributed by atoms with van der Waals surface area (Å²) in [6.07, 6.45) is 2.30. The molecule has 112 valence electrons. The Morgan fingerprint density at radius 3 is 3.10 bits per heavy atom. The summed E-state index contributed by atoms with van der Waals surface area (Å²) in [6.45, 7) is 1.80. The molecule has 1 fully saturated rings. The third-order valence-electron chi connectivity index (χ3n) is 3.31. The SMILES string of the molecule is Fc1cccc(OCc2cc(OC[C@@H]3CCCN3)no2)c1. The van der Waals surface area contributed by atoms with Crippen LogP contribution in [0.2, 0.25) is 0 Å². The van der Waals surface area contributed by atoms with Gasteiger partial charge in [-0.25, -0.2) is 4.39 Å². The molecular weight excluding hydrogens is 275 g/mol. The van der Waals surface area contributed by atoms with E-state index in [2.05, 4.69) is 10.5 Å². The Morgan fingerprint density at radius 2 is 2.29 bits per heavy atom. The molecule has 6 heteroatoms. The van der Waals surface area contributed by atoms with E-state index in [1.54, 1.807) is 18.2 Å². The summed E-state index contributed by atoms with van der Waals surface area (Å²) in [7, 11) is 0. The van der Waals surface area contributed by atoms with E-state index in [4.69, 9.17) is 14.0 Å². The normalized spacial score (nSPS) is 17.9. The maximum absolute atomic E-state index is 13.0. The lowest BCUT2D eigenvalue weighted by atomic mass is 10.2. The first-order valence-corrected chi connectivity index (χ1v) is 7.00. The molecule has 2 heterocycles. The highest BCUT2D eigenvalue weighted by Gasteiger charge is 2.15.